The average molecular weight is 146 g/mol. The molecular formula is C6H18N4. The van der Waals surface area contributed by atoms with Gasteiger partial charge in [-0.15, -0.1) is 0 Å². The molecule has 0 saturated heterocycles. The van der Waals surface area contributed by atoms with Gasteiger partial charge >= 0.3 is 0 Å². The minimum Gasteiger partial charge on any atom is -0.329 e. The van der Waals surface area contributed by atoms with Crippen molar-refractivity contribution in [3.63, 3.8) is 0 Å². The highest BCUT2D eigenvalue weighted by Crippen LogP contribution is 1.61. The highest BCUT2D eigenvalue weighted by molar-refractivity contribution is 4.48. The maximum absolute atomic E-state index is 5.28. The highest BCUT2D eigenvalue weighted by atomic mass is 15.5. The summed E-state index contributed by atoms with van der Waals surface area (Å²) in [5, 5.41) is 5.11. The Balaban J connectivity index is 2.77. The lowest BCUT2D eigenvalue weighted by Crippen LogP contribution is -2.37. The Labute approximate surface area is 62.7 Å². The molecule has 4 N–H and O–H groups in total. The van der Waals surface area contributed by atoms with Gasteiger partial charge < -0.3 is 11.1 Å². The van der Waals surface area contributed by atoms with E-state index in [0.717, 1.165) is 19.6 Å². The largest absolute Gasteiger partial charge is 0.329 e. The molecule has 0 spiro atoms. The van der Waals surface area contributed by atoms with Crippen LogP contribution in [0.15, 0.2) is 0 Å². The summed E-state index contributed by atoms with van der Waals surface area (Å²) in [6.45, 7) is 3.53. The summed E-state index contributed by atoms with van der Waals surface area (Å²) in [4.78, 5) is 0. The van der Waals surface area contributed by atoms with Crippen LogP contribution < -0.4 is 16.5 Å². The summed E-state index contributed by atoms with van der Waals surface area (Å²) in [6.07, 6.45) is 0. The average Bonchev–Trinajstić information content (AvgIpc) is 1.87. The van der Waals surface area contributed by atoms with Crippen molar-refractivity contribution in [2.75, 3.05) is 40.3 Å². The molecule has 0 fully saturated rings. The number of nitrogens with zero attached hydrogens (tertiary/aromatic N) is 1. The zero-order chi connectivity index (χ0) is 7.82. The van der Waals surface area contributed by atoms with Crippen molar-refractivity contribution in [1.29, 1.82) is 0 Å². The van der Waals surface area contributed by atoms with E-state index in [4.69, 9.17) is 5.73 Å². The number of nitrogens with one attached hydrogen (secondary N) is 2. The van der Waals surface area contributed by atoms with Crippen molar-refractivity contribution in [3.8, 4) is 0 Å². The Morgan fingerprint density at radius 2 is 1.90 bits per heavy atom. The second kappa shape index (κ2) is 6.95. The van der Waals surface area contributed by atoms with Crippen molar-refractivity contribution >= 4 is 0 Å². The lowest BCUT2D eigenvalue weighted by molar-refractivity contribution is 0.290. The molecule has 0 radical (unpaired) electrons. The first-order chi connectivity index (χ1) is 4.77. The van der Waals surface area contributed by atoms with Gasteiger partial charge in [0, 0.05) is 40.3 Å². The van der Waals surface area contributed by atoms with Crippen LogP contribution in [0.25, 0.3) is 0 Å². The van der Waals surface area contributed by atoms with Crippen LogP contribution in [0.1, 0.15) is 0 Å². The van der Waals surface area contributed by atoms with Gasteiger partial charge in [-0.3, -0.25) is 10.4 Å². The number of rotatable bonds is 6. The second-order valence-corrected chi connectivity index (χ2v) is 2.34. The summed E-state index contributed by atoms with van der Waals surface area (Å²) in [6, 6.07) is 0. The third-order valence-corrected chi connectivity index (χ3v) is 1.05. The van der Waals surface area contributed by atoms with Crippen molar-refractivity contribution in [2.45, 2.75) is 0 Å². The summed E-state index contributed by atoms with van der Waals surface area (Å²) in [5.41, 5.74) is 8.41. The van der Waals surface area contributed by atoms with Gasteiger partial charge in [-0.05, 0) is 0 Å². The molecule has 0 heterocycles. The Morgan fingerprint density at radius 1 is 1.20 bits per heavy atom. The maximum atomic E-state index is 5.28. The molecule has 10 heavy (non-hydrogen) atoms. The topological polar surface area (TPSA) is 53.3 Å². The van der Waals surface area contributed by atoms with Gasteiger partial charge in [0.05, 0.1) is 0 Å². The maximum Gasteiger partial charge on any atom is 0.0227 e. The lowest BCUT2D eigenvalue weighted by Gasteiger charge is -2.11. The number of hydrogen-bond donors (Lipinski definition) is 3. The molecule has 0 aromatic rings. The fourth-order valence-electron chi connectivity index (χ4n) is 0.595. The summed E-state index contributed by atoms with van der Waals surface area (Å²) in [5.74, 6) is 0. The predicted octanol–water partition coefficient (Wildman–Crippen LogP) is -1.40. The molecule has 4 heteroatoms. The predicted molar refractivity (Wildman–Crippen MR) is 43.6 cm³/mol. The van der Waals surface area contributed by atoms with E-state index in [1.54, 1.807) is 0 Å². The normalized spacial score (nSPS) is 10.8. The zero-order valence-corrected chi connectivity index (χ0v) is 6.85. The Hall–Kier alpha value is -0.160. The van der Waals surface area contributed by atoms with Gasteiger partial charge in [0.25, 0.3) is 0 Å². The molecule has 0 amide bonds. The lowest BCUT2D eigenvalue weighted by atomic mass is 10.6. The van der Waals surface area contributed by atoms with Crippen LogP contribution in [0.4, 0.5) is 0 Å². The first kappa shape index (κ1) is 9.84. The number of hydrogen-bond acceptors (Lipinski definition) is 4. The number of hydrazine groups is 1. The van der Waals surface area contributed by atoms with E-state index in [-0.39, 0.29) is 0 Å². The van der Waals surface area contributed by atoms with Gasteiger partial charge in [-0.2, -0.15) is 0 Å². The first-order valence-corrected chi connectivity index (χ1v) is 3.59. The van der Waals surface area contributed by atoms with E-state index in [1.165, 1.54) is 0 Å². The highest BCUT2D eigenvalue weighted by Gasteiger charge is 1.86. The van der Waals surface area contributed by atoms with Crippen LogP contribution >= 0.6 is 0 Å². The van der Waals surface area contributed by atoms with Crippen LogP contribution in [-0.2, 0) is 0 Å². The van der Waals surface area contributed by atoms with E-state index in [2.05, 4.69) is 10.7 Å². The molecule has 4 nitrogen and oxygen atoms in total. The van der Waals surface area contributed by atoms with Gasteiger partial charge in [0.2, 0.25) is 0 Å². The van der Waals surface area contributed by atoms with Crippen LogP contribution in [0, 0.1) is 0 Å². The van der Waals surface area contributed by atoms with Crippen molar-refractivity contribution in [1.82, 2.24) is 15.8 Å². The summed E-state index contributed by atoms with van der Waals surface area (Å²) in [7, 11) is 3.95. The fraction of sp³-hybridized carbons (Fsp3) is 1.00. The minimum atomic E-state index is 0.710. The summed E-state index contributed by atoms with van der Waals surface area (Å²) < 4.78 is 0. The number of nitrogens with two attached hydrogens (primary N) is 1. The third kappa shape index (κ3) is 7.84. The van der Waals surface area contributed by atoms with Gasteiger partial charge in [-0.1, -0.05) is 0 Å². The van der Waals surface area contributed by atoms with Gasteiger partial charge in [0.15, 0.2) is 0 Å². The molecule has 0 saturated carbocycles. The Bertz CT molecular complexity index is 64.8. The molecule has 0 aliphatic heterocycles. The SMILES string of the molecule is CN(C)NCCNCCN. The van der Waals surface area contributed by atoms with Crippen LogP contribution in [0.2, 0.25) is 0 Å². The van der Waals surface area contributed by atoms with Crippen LogP contribution in [0.3, 0.4) is 0 Å². The van der Waals surface area contributed by atoms with E-state index < -0.39 is 0 Å². The molecule has 0 bridgehead atoms. The molecule has 0 atom stereocenters. The Kier molecular flexibility index (Phi) is 6.84. The van der Waals surface area contributed by atoms with Crippen molar-refractivity contribution < 1.29 is 0 Å². The smallest absolute Gasteiger partial charge is 0.0227 e. The molecule has 0 rings (SSSR count). The van der Waals surface area contributed by atoms with Crippen LogP contribution in [-0.4, -0.2) is 45.3 Å². The second-order valence-electron chi connectivity index (χ2n) is 2.34. The van der Waals surface area contributed by atoms with Crippen molar-refractivity contribution in [2.24, 2.45) is 5.73 Å². The van der Waals surface area contributed by atoms with Crippen LogP contribution in [0.5, 0.6) is 0 Å². The quantitative estimate of drug-likeness (QED) is 0.319. The molecule has 0 aliphatic carbocycles. The van der Waals surface area contributed by atoms with E-state index >= 15 is 0 Å². The molecule has 62 valence electrons. The first-order valence-electron chi connectivity index (χ1n) is 3.59. The molecule has 0 unspecified atom stereocenters. The van der Waals surface area contributed by atoms with Crippen molar-refractivity contribution in [3.05, 3.63) is 0 Å². The molecule has 0 aromatic heterocycles. The summed E-state index contributed by atoms with van der Waals surface area (Å²) >= 11 is 0. The Morgan fingerprint density at radius 3 is 2.40 bits per heavy atom. The van der Waals surface area contributed by atoms with E-state index in [9.17, 15) is 0 Å². The van der Waals surface area contributed by atoms with E-state index in [1.807, 2.05) is 19.1 Å². The molecular weight excluding hydrogens is 128 g/mol. The fourth-order valence-corrected chi connectivity index (χ4v) is 0.595. The van der Waals surface area contributed by atoms with E-state index in [0.29, 0.717) is 6.54 Å². The molecule has 0 aliphatic rings. The standard InChI is InChI=1S/C6H18N4/c1-10(2)9-6-5-8-4-3-7/h8-9H,3-7H2,1-2H3. The monoisotopic (exact) mass is 146 g/mol. The van der Waals surface area contributed by atoms with Gasteiger partial charge in [0.1, 0.15) is 0 Å². The van der Waals surface area contributed by atoms with Gasteiger partial charge in [-0.25, -0.2) is 0 Å². The third-order valence-electron chi connectivity index (χ3n) is 1.05. The minimum absolute atomic E-state index is 0.710. The molecule has 0 aromatic carbocycles. The zero-order valence-electron chi connectivity index (χ0n) is 6.85.